The van der Waals surface area contributed by atoms with E-state index >= 15 is 0 Å². The molecule has 9 heteroatoms. The number of hydrogen-bond donors (Lipinski definition) is 2. The number of nitrogens with zero attached hydrogens (tertiary/aromatic N) is 1. The van der Waals surface area contributed by atoms with E-state index in [0.717, 1.165) is 51.4 Å². The minimum absolute atomic E-state index is 0.0119. The number of nitrogens with one attached hydrogen (secondary N) is 1. The zero-order chi connectivity index (χ0) is 34.4. The van der Waals surface area contributed by atoms with Crippen molar-refractivity contribution in [2.24, 2.45) is 0 Å². The van der Waals surface area contributed by atoms with Crippen molar-refractivity contribution in [3.63, 3.8) is 0 Å². The maximum atomic E-state index is 12.7. The predicted octanol–water partition coefficient (Wildman–Crippen LogP) is 9.00. The highest BCUT2D eigenvalue weighted by Crippen LogP contribution is 2.38. The second kappa shape index (κ2) is 30.3. The number of aliphatic hydroxyl groups excluding tert-OH is 1. The summed E-state index contributed by atoms with van der Waals surface area (Å²) < 4.78 is 23.1. The smallest absolute Gasteiger partial charge is 0.268 e. The van der Waals surface area contributed by atoms with Crippen LogP contribution in [-0.2, 0) is 18.4 Å². The number of likely N-dealkylation sites (N-methyl/N-ethyl adjacent to an activating group) is 1. The summed E-state index contributed by atoms with van der Waals surface area (Å²) in [5.41, 5.74) is 0. The number of rotatable bonds is 34. The number of phosphoric ester groups is 1. The molecule has 1 amide bonds. The van der Waals surface area contributed by atoms with Crippen LogP contribution in [-0.4, -0.2) is 68.5 Å². The zero-order valence-corrected chi connectivity index (χ0v) is 31.7. The van der Waals surface area contributed by atoms with Crippen molar-refractivity contribution in [3.8, 4) is 0 Å². The molecule has 0 aliphatic carbocycles. The molecule has 8 nitrogen and oxygen atoms in total. The van der Waals surface area contributed by atoms with Crippen LogP contribution in [0.3, 0.4) is 0 Å². The van der Waals surface area contributed by atoms with Gasteiger partial charge >= 0.3 is 0 Å². The van der Waals surface area contributed by atoms with Gasteiger partial charge in [0.25, 0.3) is 7.82 Å². The van der Waals surface area contributed by atoms with E-state index in [1.807, 2.05) is 21.1 Å². The largest absolute Gasteiger partial charge is 0.756 e. The van der Waals surface area contributed by atoms with Gasteiger partial charge in [0.2, 0.25) is 5.91 Å². The van der Waals surface area contributed by atoms with E-state index in [9.17, 15) is 19.4 Å². The van der Waals surface area contributed by atoms with E-state index in [1.165, 1.54) is 89.9 Å². The van der Waals surface area contributed by atoms with Gasteiger partial charge in [-0.2, -0.15) is 0 Å². The quantitative estimate of drug-likeness (QED) is 0.0305. The van der Waals surface area contributed by atoms with Crippen LogP contribution >= 0.6 is 7.82 Å². The molecule has 0 aromatic heterocycles. The van der Waals surface area contributed by atoms with Crippen LogP contribution in [0.1, 0.15) is 168 Å². The standard InChI is InChI=1S/C37H75N2O6P/c1-6-8-10-12-14-16-18-19-21-22-24-26-28-30-36(40)35(34-45-46(42,43)44-33-32-39(3,4)5)38-37(41)31-29-27-25-23-20-17-15-13-11-9-7-2/h13,15,35-36,40H,6-12,14,16-34H2,1-5H3,(H-,38,41,42,43)/b15-13-. The molecular formula is C37H75N2O6P. The number of quaternary nitrogens is 1. The summed E-state index contributed by atoms with van der Waals surface area (Å²) in [5, 5.41) is 13.8. The lowest BCUT2D eigenvalue weighted by Crippen LogP contribution is -2.46. The Labute approximate surface area is 284 Å². The number of allylic oxidation sites excluding steroid dienone is 2. The molecule has 0 aliphatic heterocycles. The van der Waals surface area contributed by atoms with E-state index in [1.54, 1.807) is 0 Å². The van der Waals surface area contributed by atoms with Crippen LogP contribution in [0.2, 0.25) is 0 Å². The number of aliphatic hydroxyl groups is 1. The lowest BCUT2D eigenvalue weighted by Gasteiger charge is -2.30. The summed E-state index contributed by atoms with van der Waals surface area (Å²) >= 11 is 0. The topological polar surface area (TPSA) is 108 Å². The van der Waals surface area contributed by atoms with Gasteiger partial charge < -0.3 is 28.8 Å². The summed E-state index contributed by atoms with van der Waals surface area (Å²) in [6, 6.07) is -0.798. The van der Waals surface area contributed by atoms with Crippen LogP contribution in [0.25, 0.3) is 0 Å². The minimum atomic E-state index is -4.55. The van der Waals surface area contributed by atoms with E-state index in [-0.39, 0.29) is 19.1 Å². The van der Waals surface area contributed by atoms with Crippen LogP contribution in [0, 0.1) is 0 Å². The maximum Gasteiger partial charge on any atom is 0.268 e. The molecule has 0 saturated heterocycles. The number of unbranched alkanes of at least 4 members (excludes halogenated alkanes) is 19. The molecule has 0 saturated carbocycles. The second-order valence-electron chi connectivity index (χ2n) is 14.3. The lowest BCUT2D eigenvalue weighted by molar-refractivity contribution is -0.870. The second-order valence-corrected chi connectivity index (χ2v) is 15.7. The Bertz CT molecular complexity index is 773. The molecule has 0 rings (SSSR count). The number of amides is 1. The summed E-state index contributed by atoms with van der Waals surface area (Å²) in [6.45, 7) is 4.65. The summed E-state index contributed by atoms with van der Waals surface area (Å²) in [5.74, 6) is -0.177. The normalized spacial score (nSPS) is 14.8. The third-order valence-corrected chi connectivity index (χ3v) is 9.47. The van der Waals surface area contributed by atoms with E-state index in [2.05, 4.69) is 31.3 Å². The van der Waals surface area contributed by atoms with Crippen LogP contribution in [0.5, 0.6) is 0 Å². The molecule has 0 aromatic carbocycles. The number of phosphoric acid groups is 1. The van der Waals surface area contributed by atoms with Crippen LogP contribution < -0.4 is 10.2 Å². The van der Waals surface area contributed by atoms with Gasteiger partial charge in [-0.05, 0) is 32.1 Å². The fourth-order valence-corrected chi connectivity index (χ4v) is 6.09. The van der Waals surface area contributed by atoms with Crippen LogP contribution in [0.15, 0.2) is 12.2 Å². The predicted molar refractivity (Wildman–Crippen MR) is 192 cm³/mol. The van der Waals surface area contributed by atoms with Gasteiger partial charge in [0, 0.05) is 6.42 Å². The van der Waals surface area contributed by atoms with Crippen molar-refractivity contribution in [1.29, 1.82) is 0 Å². The molecular weight excluding hydrogens is 599 g/mol. The fourth-order valence-electron chi connectivity index (χ4n) is 5.37. The van der Waals surface area contributed by atoms with Gasteiger partial charge in [0.15, 0.2) is 0 Å². The van der Waals surface area contributed by atoms with E-state index in [4.69, 9.17) is 9.05 Å². The first-order chi connectivity index (χ1) is 22.0. The zero-order valence-electron chi connectivity index (χ0n) is 30.8. The first-order valence-electron chi connectivity index (χ1n) is 19.0. The van der Waals surface area contributed by atoms with Crippen molar-refractivity contribution in [2.75, 3.05) is 40.9 Å². The summed E-state index contributed by atoms with van der Waals surface area (Å²) in [4.78, 5) is 25.1. The van der Waals surface area contributed by atoms with Crippen molar-refractivity contribution in [3.05, 3.63) is 12.2 Å². The summed E-state index contributed by atoms with van der Waals surface area (Å²) in [6.07, 6.45) is 30.6. The lowest BCUT2D eigenvalue weighted by atomic mass is 10.0. The molecule has 0 radical (unpaired) electrons. The molecule has 274 valence electrons. The monoisotopic (exact) mass is 675 g/mol. The van der Waals surface area contributed by atoms with Gasteiger partial charge in [0.1, 0.15) is 13.2 Å². The molecule has 0 aromatic rings. The van der Waals surface area contributed by atoms with Crippen molar-refractivity contribution in [2.45, 2.75) is 180 Å². The number of hydrogen-bond acceptors (Lipinski definition) is 6. The Morgan fingerprint density at radius 3 is 1.76 bits per heavy atom. The molecule has 0 heterocycles. The molecule has 0 fully saturated rings. The Balaban J connectivity index is 4.48. The van der Waals surface area contributed by atoms with Gasteiger partial charge in [-0.25, -0.2) is 0 Å². The fraction of sp³-hybridized carbons (Fsp3) is 0.919. The van der Waals surface area contributed by atoms with E-state index < -0.39 is 20.0 Å². The molecule has 0 bridgehead atoms. The number of carbonyl (C=O) groups is 1. The SMILES string of the molecule is CCCC/C=C\CCCCCCCC(=O)NC(COP(=O)([O-])OCC[N+](C)(C)C)C(O)CCCCCCCCCCCCCCC. The van der Waals surface area contributed by atoms with Crippen molar-refractivity contribution in [1.82, 2.24) is 5.32 Å². The maximum absolute atomic E-state index is 12.7. The van der Waals surface area contributed by atoms with E-state index in [0.29, 0.717) is 23.9 Å². The molecule has 46 heavy (non-hydrogen) atoms. The van der Waals surface area contributed by atoms with Gasteiger partial charge in [0.05, 0.1) is 39.9 Å². The minimum Gasteiger partial charge on any atom is -0.756 e. The first-order valence-corrected chi connectivity index (χ1v) is 20.5. The third-order valence-electron chi connectivity index (χ3n) is 8.50. The Hall–Kier alpha value is -0.760. The van der Waals surface area contributed by atoms with Gasteiger partial charge in [-0.15, -0.1) is 0 Å². The van der Waals surface area contributed by atoms with Crippen LogP contribution in [0.4, 0.5) is 0 Å². The summed E-state index contributed by atoms with van der Waals surface area (Å²) in [7, 11) is 1.30. The Kier molecular flexibility index (Phi) is 29.8. The highest BCUT2D eigenvalue weighted by atomic mass is 31.2. The molecule has 0 aliphatic rings. The van der Waals surface area contributed by atoms with Gasteiger partial charge in [-0.1, -0.05) is 142 Å². The average molecular weight is 675 g/mol. The van der Waals surface area contributed by atoms with Gasteiger partial charge in [-0.3, -0.25) is 9.36 Å². The molecule has 3 unspecified atom stereocenters. The first kappa shape index (κ1) is 45.2. The number of carbonyl (C=O) groups excluding carboxylic acids is 1. The van der Waals surface area contributed by atoms with Crippen molar-refractivity contribution >= 4 is 13.7 Å². The Morgan fingerprint density at radius 2 is 1.22 bits per heavy atom. The molecule has 0 spiro atoms. The highest BCUT2D eigenvalue weighted by molar-refractivity contribution is 7.45. The van der Waals surface area contributed by atoms with Crippen molar-refractivity contribution < 1.29 is 32.9 Å². The Morgan fingerprint density at radius 1 is 0.739 bits per heavy atom. The third kappa shape index (κ3) is 31.8. The average Bonchev–Trinajstić information content (AvgIpc) is 2.99. The molecule has 3 atom stereocenters. The molecule has 2 N–H and O–H groups in total. The highest BCUT2D eigenvalue weighted by Gasteiger charge is 2.24.